The van der Waals surface area contributed by atoms with E-state index in [2.05, 4.69) is 49.6 Å². The predicted octanol–water partition coefficient (Wildman–Crippen LogP) is 2.57. The topological polar surface area (TPSA) is 41.3 Å². The summed E-state index contributed by atoms with van der Waals surface area (Å²) in [7, 11) is 0. The highest BCUT2D eigenvalue weighted by atomic mass is 16.5. The molecule has 0 fully saturated rings. The second kappa shape index (κ2) is 7.34. The van der Waals surface area contributed by atoms with Crippen molar-refractivity contribution in [2.24, 2.45) is 0 Å². The standard InChI is InChI=1S/C14H25N3O/c1-6-7-17(12(4)5)10-14-8-13(16-18-14)9-15-11(2)3/h6,8,11-12,15H,1,7,9-10H2,2-5H3. The molecule has 0 atom stereocenters. The van der Waals surface area contributed by atoms with Gasteiger partial charge in [0.25, 0.3) is 0 Å². The molecule has 18 heavy (non-hydrogen) atoms. The van der Waals surface area contributed by atoms with Crippen molar-refractivity contribution in [1.82, 2.24) is 15.4 Å². The minimum Gasteiger partial charge on any atom is -0.360 e. The summed E-state index contributed by atoms with van der Waals surface area (Å²) in [5, 5.41) is 7.39. The van der Waals surface area contributed by atoms with Gasteiger partial charge in [0.15, 0.2) is 5.76 Å². The molecule has 1 rings (SSSR count). The van der Waals surface area contributed by atoms with Gasteiger partial charge in [-0.3, -0.25) is 4.90 Å². The molecule has 1 heterocycles. The highest BCUT2D eigenvalue weighted by molar-refractivity contribution is 5.05. The molecule has 0 aromatic carbocycles. The van der Waals surface area contributed by atoms with Gasteiger partial charge in [0, 0.05) is 31.2 Å². The molecule has 4 nitrogen and oxygen atoms in total. The second-order valence-corrected chi connectivity index (χ2v) is 5.13. The molecular weight excluding hydrogens is 226 g/mol. The van der Waals surface area contributed by atoms with Crippen molar-refractivity contribution in [3.05, 3.63) is 30.2 Å². The monoisotopic (exact) mass is 251 g/mol. The normalized spacial score (nSPS) is 11.7. The van der Waals surface area contributed by atoms with Gasteiger partial charge >= 0.3 is 0 Å². The lowest BCUT2D eigenvalue weighted by molar-refractivity contribution is 0.208. The van der Waals surface area contributed by atoms with Crippen molar-refractivity contribution in [2.45, 2.75) is 52.9 Å². The first-order valence-electron chi connectivity index (χ1n) is 6.55. The molecule has 4 heteroatoms. The summed E-state index contributed by atoms with van der Waals surface area (Å²) in [6, 6.07) is 2.94. The number of rotatable bonds is 8. The van der Waals surface area contributed by atoms with Gasteiger partial charge < -0.3 is 9.84 Å². The van der Waals surface area contributed by atoms with Crippen LogP contribution in [0.15, 0.2) is 23.2 Å². The van der Waals surface area contributed by atoms with E-state index in [1.807, 2.05) is 12.1 Å². The number of nitrogens with one attached hydrogen (secondary N) is 1. The minimum atomic E-state index is 0.457. The molecule has 0 radical (unpaired) electrons. The van der Waals surface area contributed by atoms with Crippen LogP contribution in [0.2, 0.25) is 0 Å². The molecular formula is C14H25N3O. The Morgan fingerprint density at radius 2 is 2.17 bits per heavy atom. The summed E-state index contributed by atoms with van der Waals surface area (Å²) >= 11 is 0. The third kappa shape index (κ3) is 5.02. The lowest BCUT2D eigenvalue weighted by atomic mass is 10.2. The van der Waals surface area contributed by atoms with E-state index < -0.39 is 0 Å². The summed E-state index contributed by atoms with van der Waals surface area (Å²) in [4.78, 5) is 2.28. The van der Waals surface area contributed by atoms with E-state index in [4.69, 9.17) is 4.52 Å². The van der Waals surface area contributed by atoms with E-state index in [0.29, 0.717) is 12.1 Å². The molecule has 0 aliphatic rings. The predicted molar refractivity (Wildman–Crippen MR) is 74.2 cm³/mol. The van der Waals surface area contributed by atoms with Crippen LogP contribution in [0, 0.1) is 0 Å². The molecule has 1 aromatic rings. The van der Waals surface area contributed by atoms with Gasteiger partial charge in [-0.2, -0.15) is 0 Å². The molecule has 102 valence electrons. The Bertz CT molecular complexity index is 358. The Labute approximate surface area is 110 Å². The molecule has 0 saturated heterocycles. The number of nitrogens with zero attached hydrogens (tertiary/aromatic N) is 2. The van der Waals surface area contributed by atoms with E-state index in [9.17, 15) is 0 Å². The zero-order chi connectivity index (χ0) is 13.5. The van der Waals surface area contributed by atoms with Gasteiger partial charge in [-0.1, -0.05) is 25.1 Å². The summed E-state index contributed by atoms with van der Waals surface area (Å²) in [5.41, 5.74) is 0.959. The van der Waals surface area contributed by atoms with Crippen molar-refractivity contribution in [3.8, 4) is 0 Å². The van der Waals surface area contributed by atoms with Crippen LogP contribution in [0.3, 0.4) is 0 Å². The van der Waals surface area contributed by atoms with Crippen molar-refractivity contribution in [3.63, 3.8) is 0 Å². The maximum absolute atomic E-state index is 5.36. The molecule has 0 aliphatic heterocycles. The van der Waals surface area contributed by atoms with Gasteiger partial charge in [-0.15, -0.1) is 6.58 Å². The first kappa shape index (κ1) is 14.9. The van der Waals surface area contributed by atoms with Crippen molar-refractivity contribution in [2.75, 3.05) is 6.54 Å². The van der Waals surface area contributed by atoms with Crippen LogP contribution in [-0.4, -0.2) is 28.7 Å². The third-order valence-corrected chi connectivity index (χ3v) is 2.75. The van der Waals surface area contributed by atoms with E-state index in [1.165, 1.54) is 0 Å². The van der Waals surface area contributed by atoms with Crippen LogP contribution in [0.25, 0.3) is 0 Å². The van der Waals surface area contributed by atoms with Crippen LogP contribution >= 0.6 is 0 Å². The van der Waals surface area contributed by atoms with Crippen LogP contribution in [0.1, 0.15) is 39.1 Å². The fourth-order valence-electron chi connectivity index (χ4n) is 1.65. The molecule has 0 spiro atoms. The SMILES string of the molecule is C=CCN(Cc1cc(CNC(C)C)no1)C(C)C. The van der Waals surface area contributed by atoms with E-state index >= 15 is 0 Å². The molecule has 0 saturated carbocycles. The van der Waals surface area contributed by atoms with Gasteiger partial charge in [-0.05, 0) is 13.8 Å². The summed E-state index contributed by atoms with van der Waals surface area (Å²) in [6.07, 6.45) is 1.91. The first-order valence-corrected chi connectivity index (χ1v) is 6.55. The molecule has 0 aliphatic carbocycles. The average molecular weight is 251 g/mol. The highest BCUT2D eigenvalue weighted by Gasteiger charge is 2.12. The zero-order valence-electron chi connectivity index (χ0n) is 11.9. The van der Waals surface area contributed by atoms with E-state index in [1.54, 1.807) is 0 Å². The maximum Gasteiger partial charge on any atom is 0.151 e. The first-order chi connectivity index (χ1) is 8.52. The fourth-order valence-corrected chi connectivity index (χ4v) is 1.65. The van der Waals surface area contributed by atoms with Gasteiger partial charge in [0.05, 0.1) is 12.2 Å². The summed E-state index contributed by atoms with van der Waals surface area (Å²) < 4.78 is 5.36. The van der Waals surface area contributed by atoms with E-state index in [-0.39, 0.29) is 0 Å². The Morgan fingerprint density at radius 1 is 1.44 bits per heavy atom. The largest absolute Gasteiger partial charge is 0.360 e. The van der Waals surface area contributed by atoms with Crippen molar-refractivity contribution < 1.29 is 4.52 Å². The molecule has 0 unspecified atom stereocenters. The van der Waals surface area contributed by atoms with Gasteiger partial charge in [0.1, 0.15) is 0 Å². The lowest BCUT2D eigenvalue weighted by Gasteiger charge is -2.23. The Morgan fingerprint density at radius 3 is 2.72 bits per heavy atom. The third-order valence-electron chi connectivity index (χ3n) is 2.75. The number of aromatic nitrogens is 1. The smallest absolute Gasteiger partial charge is 0.151 e. The molecule has 0 amide bonds. The fraction of sp³-hybridized carbons (Fsp3) is 0.643. The minimum absolute atomic E-state index is 0.457. The second-order valence-electron chi connectivity index (χ2n) is 5.13. The quantitative estimate of drug-likeness (QED) is 0.721. The van der Waals surface area contributed by atoms with Crippen LogP contribution < -0.4 is 5.32 Å². The zero-order valence-corrected chi connectivity index (χ0v) is 11.9. The van der Waals surface area contributed by atoms with Gasteiger partial charge in [-0.25, -0.2) is 0 Å². The number of hydrogen-bond donors (Lipinski definition) is 1. The highest BCUT2D eigenvalue weighted by Crippen LogP contribution is 2.10. The Kier molecular flexibility index (Phi) is 6.09. The Hall–Kier alpha value is -1.13. The lowest BCUT2D eigenvalue weighted by Crippen LogP contribution is -2.30. The molecule has 1 aromatic heterocycles. The average Bonchev–Trinajstić information content (AvgIpc) is 2.73. The number of hydrogen-bond acceptors (Lipinski definition) is 4. The van der Waals surface area contributed by atoms with Gasteiger partial charge in [0.2, 0.25) is 0 Å². The molecule has 0 bridgehead atoms. The van der Waals surface area contributed by atoms with E-state index in [0.717, 1.165) is 31.1 Å². The van der Waals surface area contributed by atoms with Crippen LogP contribution in [-0.2, 0) is 13.1 Å². The van der Waals surface area contributed by atoms with Crippen molar-refractivity contribution >= 4 is 0 Å². The summed E-state index contributed by atoms with van der Waals surface area (Å²) in [5.74, 6) is 0.908. The van der Waals surface area contributed by atoms with Crippen LogP contribution in [0.4, 0.5) is 0 Å². The Balaban J connectivity index is 2.53. The molecule has 1 N–H and O–H groups in total. The summed E-state index contributed by atoms with van der Waals surface area (Å²) in [6.45, 7) is 14.7. The maximum atomic E-state index is 5.36. The van der Waals surface area contributed by atoms with Crippen molar-refractivity contribution in [1.29, 1.82) is 0 Å². The van der Waals surface area contributed by atoms with Crippen LogP contribution in [0.5, 0.6) is 0 Å².